The van der Waals surface area contributed by atoms with Crippen LogP contribution in [0.4, 0.5) is 0 Å². The molecule has 0 aliphatic heterocycles. The van der Waals surface area contributed by atoms with Crippen LogP contribution in [0.15, 0.2) is 0 Å². The van der Waals surface area contributed by atoms with Gasteiger partial charge in [0.1, 0.15) is 0 Å². The summed E-state index contributed by atoms with van der Waals surface area (Å²) in [5.74, 6) is 0. The maximum absolute atomic E-state index is 5.59. The van der Waals surface area contributed by atoms with Crippen LogP contribution in [0.3, 0.4) is 0 Å². The van der Waals surface area contributed by atoms with E-state index >= 15 is 0 Å². The van der Waals surface area contributed by atoms with Crippen molar-refractivity contribution >= 4 is 0 Å². The highest BCUT2D eigenvalue weighted by Crippen LogP contribution is 2.15. The van der Waals surface area contributed by atoms with Crippen molar-refractivity contribution in [2.75, 3.05) is 33.7 Å². The number of hydrogen-bond donors (Lipinski definition) is 1. The van der Waals surface area contributed by atoms with Gasteiger partial charge in [0.2, 0.25) is 0 Å². The maximum Gasteiger partial charge on any atom is 0.0617 e. The first-order valence-electron chi connectivity index (χ1n) is 9.77. The van der Waals surface area contributed by atoms with Crippen molar-refractivity contribution in [2.24, 2.45) is 5.73 Å². The van der Waals surface area contributed by atoms with Crippen LogP contribution in [-0.4, -0.2) is 49.7 Å². The lowest BCUT2D eigenvalue weighted by Crippen LogP contribution is -2.45. The molecule has 0 atom stereocenters. The van der Waals surface area contributed by atoms with Gasteiger partial charge in [0.25, 0.3) is 0 Å². The third-order valence-electron chi connectivity index (χ3n) is 4.66. The summed E-state index contributed by atoms with van der Waals surface area (Å²) in [4.78, 5) is 5.18. The normalized spacial score (nSPS) is 12.0. The van der Waals surface area contributed by atoms with E-state index in [1.165, 1.54) is 83.7 Å². The molecule has 0 spiro atoms. The third kappa shape index (κ3) is 11.4. The van der Waals surface area contributed by atoms with Crippen LogP contribution >= 0.6 is 0 Å². The summed E-state index contributed by atoms with van der Waals surface area (Å²) in [6.45, 7) is 7.88. The van der Waals surface area contributed by atoms with E-state index in [4.69, 9.17) is 5.73 Å². The fraction of sp³-hybridized carbons (Fsp3) is 1.00. The van der Waals surface area contributed by atoms with Gasteiger partial charge >= 0.3 is 0 Å². The van der Waals surface area contributed by atoms with Crippen LogP contribution in [0.2, 0.25) is 0 Å². The molecule has 0 radical (unpaired) electrons. The summed E-state index contributed by atoms with van der Waals surface area (Å²) in [6, 6.07) is 0. The molecule has 0 saturated heterocycles. The molecule has 0 aliphatic carbocycles. The largest absolute Gasteiger partial charge is 0.330 e. The molecule has 0 fully saturated rings. The van der Waals surface area contributed by atoms with Crippen molar-refractivity contribution in [3.05, 3.63) is 0 Å². The Labute approximate surface area is 140 Å². The van der Waals surface area contributed by atoms with Crippen LogP contribution in [0.25, 0.3) is 0 Å². The first-order chi connectivity index (χ1) is 10.7. The number of unbranched alkanes of at least 4 members (excludes halogenated alkanes) is 7. The molecule has 0 rings (SSSR count). The Morgan fingerprint density at radius 3 is 1.64 bits per heavy atom. The smallest absolute Gasteiger partial charge is 0.0617 e. The van der Waals surface area contributed by atoms with Crippen molar-refractivity contribution in [3.8, 4) is 0 Å². The summed E-state index contributed by atoms with van der Waals surface area (Å²) in [5.41, 5.74) is 5.59. The molecular formula is C19H43N3. The Hall–Kier alpha value is -0.120. The number of rotatable bonds is 16. The minimum absolute atomic E-state index is 0.617. The van der Waals surface area contributed by atoms with Gasteiger partial charge < -0.3 is 5.73 Å². The average Bonchev–Trinajstić information content (AvgIpc) is 2.51. The fourth-order valence-electron chi connectivity index (χ4n) is 3.12. The zero-order valence-corrected chi connectivity index (χ0v) is 15.9. The van der Waals surface area contributed by atoms with Gasteiger partial charge in [0.15, 0.2) is 0 Å². The molecule has 22 heavy (non-hydrogen) atoms. The van der Waals surface area contributed by atoms with Crippen molar-refractivity contribution in [3.63, 3.8) is 0 Å². The van der Waals surface area contributed by atoms with E-state index in [9.17, 15) is 0 Å². The molecule has 0 bridgehead atoms. The second-order valence-corrected chi connectivity index (χ2v) is 6.85. The van der Waals surface area contributed by atoms with Gasteiger partial charge in [-0.15, -0.1) is 0 Å². The van der Waals surface area contributed by atoms with Crippen molar-refractivity contribution in [1.29, 1.82) is 0 Å². The van der Waals surface area contributed by atoms with Crippen molar-refractivity contribution in [2.45, 2.75) is 90.6 Å². The number of nitrogens with two attached hydrogens (primary N) is 1. The van der Waals surface area contributed by atoms with E-state index in [1.807, 2.05) is 0 Å². The summed E-state index contributed by atoms with van der Waals surface area (Å²) in [7, 11) is 4.63. The molecule has 0 heterocycles. The Morgan fingerprint density at radius 1 is 0.682 bits per heavy atom. The van der Waals surface area contributed by atoms with Gasteiger partial charge in [-0.25, -0.2) is 0 Å². The minimum Gasteiger partial charge on any atom is -0.330 e. The molecule has 0 amide bonds. The van der Waals surface area contributed by atoms with Gasteiger partial charge in [-0.3, -0.25) is 9.80 Å². The lowest BCUT2D eigenvalue weighted by molar-refractivity contribution is 0.0702. The highest BCUT2D eigenvalue weighted by atomic mass is 15.3. The number of nitrogens with zero attached hydrogens (tertiary/aromatic N) is 2. The Bertz CT molecular complexity index is 205. The first kappa shape index (κ1) is 21.9. The van der Waals surface area contributed by atoms with Crippen LogP contribution in [0.1, 0.15) is 84.5 Å². The Morgan fingerprint density at radius 2 is 1.18 bits per heavy atom. The fourth-order valence-corrected chi connectivity index (χ4v) is 3.12. The predicted octanol–water partition coefficient (Wildman–Crippen LogP) is 4.47. The second-order valence-electron chi connectivity index (χ2n) is 6.85. The van der Waals surface area contributed by atoms with E-state index in [-0.39, 0.29) is 0 Å². The van der Waals surface area contributed by atoms with Gasteiger partial charge in [-0.05, 0) is 59.4 Å². The van der Waals surface area contributed by atoms with Crippen LogP contribution < -0.4 is 5.73 Å². The van der Waals surface area contributed by atoms with Crippen LogP contribution in [-0.2, 0) is 0 Å². The van der Waals surface area contributed by atoms with E-state index in [2.05, 4.69) is 37.7 Å². The highest BCUT2D eigenvalue weighted by Gasteiger charge is 2.18. The summed E-state index contributed by atoms with van der Waals surface area (Å²) < 4.78 is 0. The minimum atomic E-state index is 0.617. The zero-order chi connectivity index (χ0) is 16.6. The molecular weight excluding hydrogens is 270 g/mol. The number of hydrogen-bond acceptors (Lipinski definition) is 3. The van der Waals surface area contributed by atoms with E-state index in [0.717, 1.165) is 6.54 Å². The topological polar surface area (TPSA) is 32.5 Å². The standard InChI is InChI=1S/C19H43N3/c1-5-7-13-17-21(3)19(15-11-9-10-12-16-20)22(4)18-14-8-6-2/h19H,5-18,20H2,1-4H3. The molecule has 3 heteroatoms. The summed E-state index contributed by atoms with van der Waals surface area (Å²) in [5, 5.41) is 0. The van der Waals surface area contributed by atoms with E-state index < -0.39 is 0 Å². The van der Waals surface area contributed by atoms with Gasteiger partial charge in [0, 0.05) is 0 Å². The second kappa shape index (κ2) is 15.8. The van der Waals surface area contributed by atoms with E-state index in [1.54, 1.807) is 0 Å². The summed E-state index contributed by atoms with van der Waals surface area (Å²) >= 11 is 0. The predicted molar refractivity (Wildman–Crippen MR) is 100 cm³/mol. The average molecular weight is 314 g/mol. The first-order valence-corrected chi connectivity index (χ1v) is 9.77. The molecule has 0 aromatic rings. The lowest BCUT2D eigenvalue weighted by Gasteiger charge is -2.36. The molecule has 0 aliphatic rings. The molecule has 0 aromatic carbocycles. The summed E-state index contributed by atoms with van der Waals surface area (Å²) in [6.07, 6.45) is 15.1. The SMILES string of the molecule is CCCCCN(C)C(CCCCCCN)N(C)CCCCC. The van der Waals surface area contributed by atoms with Crippen molar-refractivity contribution in [1.82, 2.24) is 9.80 Å². The van der Waals surface area contributed by atoms with Crippen LogP contribution in [0, 0.1) is 0 Å². The Kier molecular flexibility index (Phi) is 15.7. The molecule has 134 valence electrons. The quantitative estimate of drug-likeness (QED) is 0.337. The highest BCUT2D eigenvalue weighted by molar-refractivity contribution is 4.69. The van der Waals surface area contributed by atoms with Crippen molar-refractivity contribution < 1.29 is 0 Å². The lowest BCUT2D eigenvalue weighted by atomic mass is 10.1. The van der Waals surface area contributed by atoms with Gasteiger partial charge in [0.05, 0.1) is 6.17 Å². The van der Waals surface area contributed by atoms with Gasteiger partial charge in [-0.2, -0.15) is 0 Å². The van der Waals surface area contributed by atoms with Gasteiger partial charge in [-0.1, -0.05) is 58.8 Å². The molecule has 0 unspecified atom stereocenters. The Balaban J connectivity index is 4.21. The third-order valence-corrected chi connectivity index (χ3v) is 4.66. The molecule has 3 nitrogen and oxygen atoms in total. The molecule has 2 N–H and O–H groups in total. The molecule has 0 saturated carbocycles. The zero-order valence-electron chi connectivity index (χ0n) is 15.9. The monoisotopic (exact) mass is 313 g/mol. The maximum atomic E-state index is 5.59. The van der Waals surface area contributed by atoms with E-state index in [0.29, 0.717) is 6.17 Å². The van der Waals surface area contributed by atoms with Crippen LogP contribution in [0.5, 0.6) is 0 Å². The molecule has 0 aromatic heterocycles.